The molecule has 0 aliphatic heterocycles. The fourth-order valence-corrected chi connectivity index (χ4v) is 2.29. The molecular weight excluding hydrogens is 236 g/mol. The Bertz CT molecular complexity index is 613. The molecule has 0 saturated carbocycles. The molecule has 17 heavy (non-hydrogen) atoms. The minimum absolute atomic E-state index is 0.282. The van der Waals surface area contributed by atoms with Gasteiger partial charge in [0.2, 0.25) is 0 Å². The van der Waals surface area contributed by atoms with Crippen molar-refractivity contribution in [2.24, 2.45) is 0 Å². The monoisotopic (exact) mass is 246 g/mol. The molecule has 0 fully saturated rings. The number of hydrogen-bond acceptors (Lipinski definition) is 5. The normalized spacial score (nSPS) is 12.0. The van der Waals surface area contributed by atoms with E-state index in [9.17, 15) is 4.79 Å². The van der Waals surface area contributed by atoms with Gasteiger partial charge in [0.1, 0.15) is 9.71 Å². The number of hydrogen-bond donors (Lipinski definition) is 2. The molecule has 0 bridgehead atoms. The summed E-state index contributed by atoms with van der Waals surface area (Å²) in [6.07, 6.45) is 6.74. The number of nitrogens with one attached hydrogen (secondary N) is 1. The maximum Gasteiger partial charge on any atom is 0.264 e. The summed E-state index contributed by atoms with van der Waals surface area (Å²) in [5.74, 6) is 2.14. The molecule has 2 aromatic rings. The molecule has 0 radical (unpaired) electrons. The van der Waals surface area contributed by atoms with Gasteiger partial charge in [0.05, 0.1) is 17.9 Å². The minimum Gasteiger partial charge on any atom is -0.397 e. The molecule has 2 heterocycles. The lowest BCUT2D eigenvalue weighted by Crippen LogP contribution is -2.31. The molecule has 0 aliphatic rings. The van der Waals surface area contributed by atoms with Crippen LogP contribution in [0.3, 0.4) is 0 Å². The highest BCUT2D eigenvalue weighted by Crippen LogP contribution is 2.31. The van der Waals surface area contributed by atoms with Gasteiger partial charge in [-0.2, -0.15) is 5.10 Å². The van der Waals surface area contributed by atoms with E-state index in [1.807, 2.05) is 0 Å². The fraction of sp³-hybridized carbons (Fsp3) is 0.182. The SMILES string of the molecule is C#CC(C)NC(=O)c1sc2nnccc2c1N. The Kier molecular flexibility index (Phi) is 2.93. The van der Waals surface area contributed by atoms with Gasteiger partial charge >= 0.3 is 0 Å². The second kappa shape index (κ2) is 4.39. The van der Waals surface area contributed by atoms with Gasteiger partial charge in [0.25, 0.3) is 5.91 Å². The van der Waals surface area contributed by atoms with Gasteiger partial charge in [0, 0.05) is 5.39 Å². The maximum absolute atomic E-state index is 11.9. The summed E-state index contributed by atoms with van der Waals surface area (Å²) in [7, 11) is 0. The highest BCUT2D eigenvalue weighted by Gasteiger charge is 2.17. The molecular formula is C11H10N4OS. The molecule has 3 N–H and O–H groups in total. The third kappa shape index (κ3) is 2.05. The van der Waals surface area contributed by atoms with Crippen LogP contribution in [0.5, 0.6) is 0 Å². The van der Waals surface area contributed by atoms with Crippen LogP contribution in [0.4, 0.5) is 5.69 Å². The van der Waals surface area contributed by atoms with Crippen LogP contribution in [0.25, 0.3) is 10.2 Å². The molecule has 0 aliphatic carbocycles. The number of amides is 1. The molecule has 5 nitrogen and oxygen atoms in total. The highest BCUT2D eigenvalue weighted by atomic mass is 32.1. The lowest BCUT2D eigenvalue weighted by molar-refractivity contribution is 0.0953. The number of carbonyl (C=O) groups excluding carboxylic acids is 1. The Morgan fingerprint density at radius 2 is 2.47 bits per heavy atom. The van der Waals surface area contributed by atoms with Crippen LogP contribution >= 0.6 is 11.3 Å². The van der Waals surface area contributed by atoms with Gasteiger partial charge < -0.3 is 11.1 Å². The van der Waals surface area contributed by atoms with Crippen molar-refractivity contribution in [2.45, 2.75) is 13.0 Å². The van der Waals surface area contributed by atoms with E-state index in [-0.39, 0.29) is 11.9 Å². The number of thiophene rings is 1. The molecule has 1 unspecified atom stereocenters. The van der Waals surface area contributed by atoms with Gasteiger partial charge in [-0.3, -0.25) is 4.79 Å². The van der Waals surface area contributed by atoms with Crippen LogP contribution in [-0.2, 0) is 0 Å². The zero-order valence-electron chi connectivity index (χ0n) is 9.10. The van der Waals surface area contributed by atoms with Gasteiger partial charge in [-0.25, -0.2) is 0 Å². The predicted molar refractivity (Wildman–Crippen MR) is 67.6 cm³/mol. The molecule has 1 atom stereocenters. The van der Waals surface area contributed by atoms with Crippen molar-refractivity contribution in [1.82, 2.24) is 15.5 Å². The molecule has 86 valence electrons. The van der Waals surface area contributed by atoms with E-state index in [1.54, 1.807) is 13.0 Å². The predicted octanol–water partition coefficient (Wildman–Crippen LogP) is 1.02. The number of terminal acetylenes is 1. The largest absolute Gasteiger partial charge is 0.397 e. The lowest BCUT2D eigenvalue weighted by Gasteiger charge is -2.06. The van der Waals surface area contributed by atoms with Crippen molar-refractivity contribution in [3.05, 3.63) is 17.1 Å². The lowest BCUT2D eigenvalue weighted by atomic mass is 10.2. The topological polar surface area (TPSA) is 80.9 Å². The van der Waals surface area contributed by atoms with Crippen molar-refractivity contribution >= 4 is 33.1 Å². The summed E-state index contributed by atoms with van der Waals surface area (Å²) < 4.78 is 0. The number of rotatable bonds is 2. The van der Waals surface area contributed by atoms with Crippen LogP contribution in [0.2, 0.25) is 0 Å². The van der Waals surface area contributed by atoms with Crippen molar-refractivity contribution in [1.29, 1.82) is 0 Å². The van der Waals surface area contributed by atoms with E-state index in [0.717, 1.165) is 5.39 Å². The van der Waals surface area contributed by atoms with E-state index < -0.39 is 0 Å². The summed E-state index contributed by atoms with van der Waals surface area (Å²) >= 11 is 1.21. The minimum atomic E-state index is -0.335. The molecule has 0 aromatic carbocycles. The molecule has 1 amide bonds. The van der Waals surface area contributed by atoms with Gasteiger partial charge in [-0.05, 0) is 13.0 Å². The number of anilines is 1. The van der Waals surface area contributed by atoms with Gasteiger partial charge in [-0.1, -0.05) is 5.92 Å². The third-order valence-corrected chi connectivity index (χ3v) is 3.33. The van der Waals surface area contributed by atoms with E-state index in [2.05, 4.69) is 21.4 Å². The third-order valence-electron chi connectivity index (χ3n) is 2.22. The standard InChI is InChI=1S/C11H10N4OS/c1-3-6(2)14-10(16)9-8(12)7-4-5-13-15-11(7)17-9/h1,4-6H,12H2,2H3,(H,14,16). The number of nitrogens with zero attached hydrogens (tertiary/aromatic N) is 2. The second-order valence-electron chi connectivity index (χ2n) is 3.46. The molecule has 0 spiro atoms. The van der Waals surface area contributed by atoms with Crippen LogP contribution in [-0.4, -0.2) is 22.1 Å². The van der Waals surface area contributed by atoms with Crippen LogP contribution in [0.15, 0.2) is 12.3 Å². The first kappa shape index (κ1) is 11.4. The summed E-state index contributed by atoms with van der Waals surface area (Å²) in [4.78, 5) is 12.9. The zero-order valence-corrected chi connectivity index (χ0v) is 9.91. The Morgan fingerprint density at radius 3 is 3.12 bits per heavy atom. The smallest absolute Gasteiger partial charge is 0.264 e. The zero-order chi connectivity index (χ0) is 12.4. The van der Waals surface area contributed by atoms with Crippen LogP contribution in [0.1, 0.15) is 16.6 Å². The highest BCUT2D eigenvalue weighted by molar-refractivity contribution is 7.21. The van der Waals surface area contributed by atoms with Crippen LogP contribution in [0, 0.1) is 12.3 Å². The Balaban J connectivity index is 2.40. The quantitative estimate of drug-likeness (QED) is 0.775. The van der Waals surface area contributed by atoms with Gasteiger partial charge in [0.15, 0.2) is 0 Å². The second-order valence-corrected chi connectivity index (χ2v) is 4.46. The van der Waals surface area contributed by atoms with E-state index in [0.29, 0.717) is 15.4 Å². The fourth-order valence-electron chi connectivity index (χ4n) is 1.35. The van der Waals surface area contributed by atoms with Crippen molar-refractivity contribution in [2.75, 3.05) is 5.73 Å². The summed E-state index contributed by atoms with van der Waals surface area (Å²) in [6, 6.07) is 1.40. The average Bonchev–Trinajstić information content (AvgIpc) is 2.67. The Hall–Kier alpha value is -2.13. The van der Waals surface area contributed by atoms with Crippen molar-refractivity contribution in [3.8, 4) is 12.3 Å². The maximum atomic E-state index is 11.9. The summed E-state index contributed by atoms with van der Waals surface area (Å²) in [5, 5.41) is 11.1. The molecule has 2 rings (SSSR count). The number of nitrogens with two attached hydrogens (primary N) is 1. The number of aromatic nitrogens is 2. The van der Waals surface area contributed by atoms with Crippen molar-refractivity contribution < 1.29 is 4.79 Å². The van der Waals surface area contributed by atoms with Crippen LogP contribution < -0.4 is 11.1 Å². The Labute approximate surface area is 102 Å². The van der Waals surface area contributed by atoms with E-state index in [4.69, 9.17) is 12.2 Å². The number of fused-ring (bicyclic) bond motifs is 1. The summed E-state index contributed by atoms with van der Waals surface area (Å²) in [6.45, 7) is 1.72. The first-order chi connectivity index (χ1) is 8.13. The molecule has 0 saturated heterocycles. The summed E-state index contributed by atoms with van der Waals surface area (Å²) in [5.41, 5.74) is 6.31. The van der Waals surface area contributed by atoms with E-state index in [1.165, 1.54) is 17.5 Å². The first-order valence-electron chi connectivity index (χ1n) is 4.90. The number of carbonyl (C=O) groups is 1. The first-order valence-corrected chi connectivity index (χ1v) is 5.71. The number of nitrogen functional groups attached to an aromatic ring is 1. The van der Waals surface area contributed by atoms with E-state index >= 15 is 0 Å². The van der Waals surface area contributed by atoms with Gasteiger partial charge in [-0.15, -0.1) is 22.9 Å². The Morgan fingerprint density at radius 1 is 1.71 bits per heavy atom. The molecule has 2 aromatic heterocycles. The van der Waals surface area contributed by atoms with Crippen molar-refractivity contribution in [3.63, 3.8) is 0 Å². The average molecular weight is 246 g/mol. The molecule has 6 heteroatoms.